The van der Waals surface area contributed by atoms with Gasteiger partial charge in [-0.1, -0.05) is 12.1 Å². The van der Waals surface area contributed by atoms with Gasteiger partial charge in [-0.3, -0.25) is 9.10 Å². The Kier molecular flexibility index (Phi) is 5.97. The molecule has 1 amide bonds. The highest BCUT2D eigenvalue weighted by atomic mass is 32.2. The number of methoxy groups -OCH3 is 1. The first-order chi connectivity index (χ1) is 14.8. The Hall–Kier alpha value is -2.54. The van der Waals surface area contributed by atoms with Crippen LogP contribution in [0.2, 0.25) is 0 Å². The molecule has 1 unspecified atom stereocenters. The minimum atomic E-state index is -3.32. The van der Waals surface area contributed by atoms with Gasteiger partial charge in [-0.25, -0.2) is 8.42 Å². The minimum Gasteiger partial charge on any atom is -0.497 e. The van der Waals surface area contributed by atoms with Crippen LogP contribution in [0.4, 0.5) is 5.69 Å². The average molecular weight is 443 g/mol. The summed E-state index contributed by atoms with van der Waals surface area (Å²) < 4.78 is 31.0. The summed E-state index contributed by atoms with van der Waals surface area (Å²) in [5, 5.41) is 0. The van der Waals surface area contributed by atoms with Crippen LogP contribution < -0.4 is 9.04 Å². The molecular weight excluding hydrogens is 412 g/mol. The van der Waals surface area contributed by atoms with Gasteiger partial charge in [0.15, 0.2) is 0 Å². The molecule has 7 heteroatoms. The largest absolute Gasteiger partial charge is 0.497 e. The number of anilines is 1. The van der Waals surface area contributed by atoms with E-state index < -0.39 is 10.0 Å². The number of aryl methyl sites for hydroxylation is 1. The molecule has 1 saturated carbocycles. The number of nitrogens with zero attached hydrogens (tertiary/aromatic N) is 2. The first kappa shape index (κ1) is 21.7. The Morgan fingerprint density at radius 2 is 1.90 bits per heavy atom. The third-order valence-electron chi connectivity index (χ3n) is 6.37. The van der Waals surface area contributed by atoms with Crippen LogP contribution in [0.5, 0.6) is 5.75 Å². The molecule has 0 aromatic heterocycles. The molecule has 0 bridgehead atoms. The molecule has 4 rings (SSSR count). The highest BCUT2D eigenvalue weighted by Gasteiger charge is 2.35. The molecule has 2 aromatic carbocycles. The van der Waals surface area contributed by atoms with Crippen molar-refractivity contribution in [2.45, 2.75) is 45.2 Å². The van der Waals surface area contributed by atoms with Gasteiger partial charge in [0, 0.05) is 24.7 Å². The fourth-order valence-electron chi connectivity index (χ4n) is 4.37. The Morgan fingerprint density at radius 1 is 1.19 bits per heavy atom. The molecule has 1 heterocycles. The quantitative estimate of drug-likeness (QED) is 0.653. The highest BCUT2D eigenvalue weighted by molar-refractivity contribution is 7.92. The zero-order chi connectivity index (χ0) is 22.2. The number of sulfonamides is 1. The number of hydrogen-bond donors (Lipinski definition) is 0. The average Bonchev–Trinajstić information content (AvgIpc) is 3.61. The summed E-state index contributed by atoms with van der Waals surface area (Å²) in [6, 6.07) is 13.4. The molecule has 2 aliphatic rings. The summed E-state index contributed by atoms with van der Waals surface area (Å²) in [5.41, 5.74) is 3.30. The Labute approximate surface area is 184 Å². The number of amides is 1. The zero-order valence-electron chi connectivity index (χ0n) is 18.4. The molecule has 31 heavy (non-hydrogen) atoms. The molecule has 166 valence electrons. The van der Waals surface area contributed by atoms with Crippen LogP contribution in [0.1, 0.15) is 47.7 Å². The summed E-state index contributed by atoms with van der Waals surface area (Å²) in [6.45, 7) is 3.15. The third-order valence-corrected chi connectivity index (χ3v) is 7.55. The van der Waals surface area contributed by atoms with Crippen molar-refractivity contribution < 1.29 is 17.9 Å². The van der Waals surface area contributed by atoms with Crippen molar-refractivity contribution in [1.29, 1.82) is 0 Å². The fourth-order valence-corrected chi connectivity index (χ4v) is 5.36. The molecular formula is C24H30N2O4S. The number of rotatable bonds is 7. The first-order valence-corrected chi connectivity index (χ1v) is 12.7. The van der Waals surface area contributed by atoms with Gasteiger partial charge in [0.2, 0.25) is 10.0 Å². The Bertz CT molecular complexity index is 1060. The first-order valence-electron chi connectivity index (χ1n) is 10.8. The molecule has 0 spiro atoms. The van der Waals surface area contributed by atoms with Crippen LogP contribution >= 0.6 is 0 Å². The van der Waals surface area contributed by atoms with Crippen LogP contribution in [0.3, 0.4) is 0 Å². The Morgan fingerprint density at radius 3 is 2.52 bits per heavy atom. The van der Waals surface area contributed by atoms with Crippen LogP contribution in [0.15, 0.2) is 42.5 Å². The SMILES string of the molecule is COc1ccc(CN(C(=O)c2ccc3c(c2)CCCN3S(C)(=O)=O)C(C)C2CC2)cc1. The maximum atomic E-state index is 13.6. The van der Waals surface area contributed by atoms with Gasteiger partial charge in [0.1, 0.15) is 5.75 Å². The van der Waals surface area contributed by atoms with Crippen LogP contribution in [0, 0.1) is 5.92 Å². The summed E-state index contributed by atoms with van der Waals surface area (Å²) in [6.07, 6.45) is 5.07. The third kappa shape index (κ3) is 4.71. The number of benzene rings is 2. The zero-order valence-corrected chi connectivity index (χ0v) is 19.2. The van der Waals surface area contributed by atoms with Crippen molar-refractivity contribution in [3.63, 3.8) is 0 Å². The minimum absolute atomic E-state index is 0.00510. The van der Waals surface area contributed by atoms with E-state index in [4.69, 9.17) is 4.74 Å². The summed E-state index contributed by atoms with van der Waals surface area (Å²) in [7, 11) is -1.68. The lowest BCUT2D eigenvalue weighted by Crippen LogP contribution is -2.39. The fraction of sp³-hybridized carbons (Fsp3) is 0.458. The summed E-state index contributed by atoms with van der Waals surface area (Å²) in [5.74, 6) is 1.33. The van der Waals surface area contributed by atoms with Gasteiger partial charge in [0.25, 0.3) is 5.91 Å². The lowest BCUT2D eigenvalue weighted by Gasteiger charge is -2.32. The molecule has 0 N–H and O–H groups in total. The lowest BCUT2D eigenvalue weighted by atomic mass is 9.99. The van der Waals surface area contributed by atoms with E-state index in [2.05, 4.69) is 6.92 Å². The van der Waals surface area contributed by atoms with E-state index in [1.165, 1.54) is 10.6 Å². The van der Waals surface area contributed by atoms with Crippen molar-refractivity contribution in [3.05, 3.63) is 59.2 Å². The maximum absolute atomic E-state index is 13.6. The van der Waals surface area contributed by atoms with Crippen molar-refractivity contribution in [1.82, 2.24) is 4.90 Å². The molecule has 0 saturated heterocycles. The number of carbonyl (C=O) groups is 1. The molecule has 2 aromatic rings. The van der Waals surface area contributed by atoms with Crippen LogP contribution in [0.25, 0.3) is 0 Å². The van der Waals surface area contributed by atoms with E-state index in [9.17, 15) is 13.2 Å². The summed E-state index contributed by atoms with van der Waals surface area (Å²) >= 11 is 0. The van der Waals surface area contributed by atoms with Gasteiger partial charge >= 0.3 is 0 Å². The van der Waals surface area contributed by atoms with Gasteiger partial charge in [-0.05, 0) is 80.0 Å². The predicted molar refractivity (Wildman–Crippen MR) is 122 cm³/mol. The highest BCUT2D eigenvalue weighted by Crippen LogP contribution is 2.37. The van der Waals surface area contributed by atoms with E-state index in [1.54, 1.807) is 19.2 Å². The van der Waals surface area contributed by atoms with E-state index >= 15 is 0 Å². The standard InChI is InChI=1S/C24H30N2O4S/c1-17(19-8-9-19)25(16-18-6-11-22(30-2)12-7-18)24(27)21-10-13-23-20(15-21)5-4-14-26(23)31(3,28)29/h6-7,10-13,15,17,19H,4-5,8-9,14,16H2,1-3H3. The second-order valence-corrected chi connectivity index (χ2v) is 10.5. The van der Waals surface area contributed by atoms with Gasteiger partial charge in [0.05, 0.1) is 19.1 Å². The molecule has 1 aliphatic heterocycles. The Balaban J connectivity index is 1.62. The normalized spacial score (nSPS) is 17.1. The summed E-state index contributed by atoms with van der Waals surface area (Å²) in [4.78, 5) is 15.5. The smallest absolute Gasteiger partial charge is 0.254 e. The van der Waals surface area contributed by atoms with E-state index in [0.717, 1.165) is 42.6 Å². The van der Waals surface area contributed by atoms with Crippen LogP contribution in [-0.4, -0.2) is 45.2 Å². The lowest BCUT2D eigenvalue weighted by molar-refractivity contribution is 0.0654. The molecule has 1 fully saturated rings. The van der Waals surface area contributed by atoms with Gasteiger partial charge in [-0.15, -0.1) is 0 Å². The van der Waals surface area contributed by atoms with E-state index in [1.807, 2.05) is 35.2 Å². The van der Waals surface area contributed by atoms with Crippen molar-refractivity contribution in [3.8, 4) is 5.75 Å². The second-order valence-electron chi connectivity index (χ2n) is 8.64. The van der Waals surface area contributed by atoms with E-state index in [0.29, 0.717) is 30.3 Å². The molecule has 1 atom stereocenters. The van der Waals surface area contributed by atoms with E-state index in [-0.39, 0.29) is 11.9 Å². The topological polar surface area (TPSA) is 66.9 Å². The van der Waals surface area contributed by atoms with Crippen LogP contribution in [-0.2, 0) is 23.0 Å². The number of fused-ring (bicyclic) bond motifs is 1. The second kappa shape index (κ2) is 8.54. The number of hydrogen-bond acceptors (Lipinski definition) is 4. The molecule has 6 nitrogen and oxygen atoms in total. The van der Waals surface area contributed by atoms with Crippen molar-refractivity contribution in [2.24, 2.45) is 5.92 Å². The van der Waals surface area contributed by atoms with Gasteiger partial charge < -0.3 is 9.64 Å². The van der Waals surface area contributed by atoms with Crippen molar-refractivity contribution in [2.75, 3.05) is 24.2 Å². The number of ether oxygens (including phenoxy) is 1. The number of carbonyl (C=O) groups excluding carboxylic acids is 1. The van der Waals surface area contributed by atoms with Gasteiger partial charge in [-0.2, -0.15) is 0 Å². The molecule has 1 aliphatic carbocycles. The monoisotopic (exact) mass is 442 g/mol. The predicted octanol–water partition coefficient (Wildman–Crippen LogP) is 3.85. The van der Waals surface area contributed by atoms with Crippen molar-refractivity contribution >= 4 is 21.6 Å². The molecule has 0 radical (unpaired) electrons. The maximum Gasteiger partial charge on any atom is 0.254 e.